The summed E-state index contributed by atoms with van der Waals surface area (Å²) in [5, 5.41) is 15.3. The van der Waals surface area contributed by atoms with Gasteiger partial charge in [0.05, 0.1) is 17.4 Å². The van der Waals surface area contributed by atoms with Gasteiger partial charge < -0.3 is 19.9 Å². The van der Waals surface area contributed by atoms with E-state index in [-0.39, 0.29) is 17.8 Å². The van der Waals surface area contributed by atoms with E-state index in [1.807, 2.05) is 66.6 Å². The monoisotopic (exact) mass is 460 g/mol. The zero-order valence-corrected chi connectivity index (χ0v) is 18.9. The molecule has 2 N–H and O–H groups in total. The minimum absolute atomic E-state index is 0.170. The number of hydrogen-bond donors (Lipinski definition) is 2. The Bertz CT molecular complexity index is 1290. The molecule has 2 atom stereocenters. The third kappa shape index (κ3) is 3.51. The Morgan fingerprint density at radius 1 is 1.03 bits per heavy atom. The number of para-hydroxylation sites is 2. The first-order valence-corrected chi connectivity index (χ1v) is 11.1. The number of hydrogen-bond acceptors (Lipinski definition) is 3. The molecule has 5 nitrogen and oxygen atoms in total. The second-order valence-electron chi connectivity index (χ2n) is 7.72. The van der Waals surface area contributed by atoms with Crippen molar-refractivity contribution in [1.82, 2.24) is 14.9 Å². The number of pyridine rings is 1. The van der Waals surface area contributed by atoms with Crippen molar-refractivity contribution in [3.8, 4) is 11.4 Å². The van der Waals surface area contributed by atoms with Gasteiger partial charge in [-0.2, -0.15) is 0 Å². The first-order valence-electron chi connectivity index (χ1n) is 10.3. The van der Waals surface area contributed by atoms with Crippen LogP contribution in [0, 0.1) is 6.92 Å². The Kier molecular flexibility index (Phi) is 5.33. The van der Waals surface area contributed by atoms with Gasteiger partial charge >= 0.3 is 0 Å². The van der Waals surface area contributed by atoms with Crippen LogP contribution in [0.3, 0.4) is 0 Å². The van der Waals surface area contributed by atoms with Gasteiger partial charge in [-0.15, -0.1) is 0 Å². The van der Waals surface area contributed by atoms with Crippen LogP contribution in [0.25, 0.3) is 5.69 Å². The second-order valence-corrected chi connectivity index (χ2v) is 8.52. The molecule has 1 aliphatic rings. The van der Waals surface area contributed by atoms with Crippen molar-refractivity contribution in [2.45, 2.75) is 19.0 Å². The highest BCUT2D eigenvalue weighted by Gasteiger charge is 2.42. The molecular weight excluding hydrogens is 440 g/mol. The summed E-state index contributed by atoms with van der Waals surface area (Å²) in [7, 11) is 0. The number of thiocarbonyl (C=S) groups is 1. The fraction of sp³-hybridized carbons (Fsp3) is 0.120. The van der Waals surface area contributed by atoms with Crippen molar-refractivity contribution < 1.29 is 5.11 Å². The van der Waals surface area contributed by atoms with E-state index in [1.54, 1.807) is 18.3 Å². The summed E-state index contributed by atoms with van der Waals surface area (Å²) >= 11 is 12.0. The number of nitrogens with one attached hydrogen (secondary N) is 1. The Labute approximate surface area is 196 Å². The van der Waals surface area contributed by atoms with Crippen LogP contribution < -0.4 is 10.2 Å². The molecule has 32 heavy (non-hydrogen) atoms. The van der Waals surface area contributed by atoms with Gasteiger partial charge in [-0.25, -0.2) is 0 Å². The molecule has 0 spiro atoms. The maximum Gasteiger partial charge on any atom is 0.174 e. The molecule has 4 aromatic rings. The average molecular weight is 461 g/mol. The van der Waals surface area contributed by atoms with Gasteiger partial charge in [-0.3, -0.25) is 4.98 Å². The zero-order valence-electron chi connectivity index (χ0n) is 17.3. The fourth-order valence-electron chi connectivity index (χ4n) is 4.23. The molecule has 0 bridgehead atoms. The predicted molar refractivity (Wildman–Crippen MR) is 132 cm³/mol. The van der Waals surface area contributed by atoms with Crippen LogP contribution in [0.2, 0.25) is 5.02 Å². The number of rotatable bonds is 4. The van der Waals surface area contributed by atoms with E-state index >= 15 is 0 Å². The molecule has 2 aromatic carbocycles. The first kappa shape index (κ1) is 20.5. The van der Waals surface area contributed by atoms with Crippen LogP contribution in [-0.4, -0.2) is 19.8 Å². The molecule has 0 unspecified atom stereocenters. The van der Waals surface area contributed by atoms with Crippen molar-refractivity contribution in [3.63, 3.8) is 0 Å². The summed E-state index contributed by atoms with van der Waals surface area (Å²) in [6.07, 6.45) is 3.80. The van der Waals surface area contributed by atoms with Gasteiger partial charge in [-0.05, 0) is 79.3 Å². The normalized spacial score (nSPS) is 18.1. The maximum absolute atomic E-state index is 10.6. The fourth-order valence-corrected chi connectivity index (χ4v) is 4.69. The summed E-state index contributed by atoms with van der Waals surface area (Å²) < 4.78 is 2.13. The largest absolute Gasteiger partial charge is 0.506 e. The lowest BCUT2D eigenvalue weighted by Gasteiger charge is -2.29. The highest BCUT2D eigenvalue weighted by atomic mass is 35.5. The van der Waals surface area contributed by atoms with Crippen molar-refractivity contribution >= 4 is 34.6 Å². The van der Waals surface area contributed by atoms with Crippen LogP contribution in [-0.2, 0) is 0 Å². The van der Waals surface area contributed by atoms with Crippen LogP contribution in [0.15, 0.2) is 85.2 Å². The molecule has 2 aromatic heterocycles. The molecule has 1 aliphatic heterocycles. The minimum atomic E-state index is -0.239. The average Bonchev–Trinajstić information content (AvgIpc) is 3.41. The Morgan fingerprint density at radius 3 is 2.59 bits per heavy atom. The number of nitrogens with zero attached hydrogens (tertiary/aromatic N) is 3. The topological polar surface area (TPSA) is 53.3 Å². The standard InChI is InChI=1S/C25H21ClN4OS/c1-16-15-17(11-12-18(16)26)29-14-6-9-21(29)24-23(19-7-4-5-13-27-19)28-25(32)30(24)20-8-2-3-10-22(20)31/h2-15,23-24,31H,1H3,(H,28,32)/t23-,24-/m1/s1. The van der Waals surface area contributed by atoms with Crippen LogP contribution in [0.1, 0.15) is 29.0 Å². The molecule has 5 rings (SSSR count). The van der Waals surface area contributed by atoms with E-state index in [0.717, 1.165) is 27.7 Å². The van der Waals surface area contributed by atoms with E-state index in [9.17, 15) is 5.11 Å². The maximum atomic E-state index is 10.6. The van der Waals surface area contributed by atoms with Crippen molar-refractivity contribution in [2.75, 3.05) is 4.90 Å². The molecule has 0 saturated carbocycles. The Balaban J connectivity index is 1.69. The molecule has 0 radical (unpaired) electrons. The number of halogens is 1. The van der Waals surface area contributed by atoms with Gasteiger partial charge in [0.15, 0.2) is 5.11 Å². The van der Waals surface area contributed by atoms with Crippen molar-refractivity contribution in [2.24, 2.45) is 0 Å². The number of aromatic hydroxyl groups is 1. The number of aryl methyl sites for hydroxylation is 1. The Hall–Kier alpha value is -3.35. The molecular formula is C25H21ClN4OS. The summed E-state index contributed by atoms with van der Waals surface area (Å²) in [5.41, 5.74) is 4.54. The molecule has 0 aliphatic carbocycles. The number of aromatic nitrogens is 2. The lowest BCUT2D eigenvalue weighted by molar-refractivity contribution is 0.472. The second kappa shape index (κ2) is 8.30. The van der Waals surface area contributed by atoms with E-state index in [2.05, 4.69) is 27.0 Å². The van der Waals surface area contributed by atoms with Crippen molar-refractivity contribution in [1.29, 1.82) is 0 Å². The van der Waals surface area contributed by atoms with Gasteiger partial charge in [0.25, 0.3) is 0 Å². The zero-order chi connectivity index (χ0) is 22.2. The summed E-state index contributed by atoms with van der Waals surface area (Å²) in [6.45, 7) is 1.99. The van der Waals surface area contributed by atoms with Crippen LogP contribution in [0.5, 0.6) is 5.75 Å². The highest BCUT2D eigenvalue weighted by molar-refractivity contribution is 7.80. The van der Waals surface area contributed by atoms with Gasteiger partial charge in [0.1, 0.15) is 11.8 Å². The first-order chi connectivity index (χ1) is 15.5. The van der Waals surface area contributed by atoms with E-state index in [0.29, 0.717) is 10.8 Å². The smallest absolute Gasteiger partial charge is 0.174 e. The molecule has 7 heteroatoms. The van der Waals surface area contributed by atoms with Gasteiger partial charge in [-0.1, -0.05) is 29.8 Å². The number of benzene rings is 2. The third-order valence-corrected chi connectivity index (χ3v) is 6.48. The van der Waals surface area contributed by atoms with Crippen LogP contribution >= 0.6 is 23.8 Å². The quantitative estimate of drug-likeness (QED) is 0.381. The van der Waals surface area contributed by atoms with E-state index < -0.39 is 0 Å². The molecule has 1 saturated heterocycles. The van der Waals surface area contributed by atoms with Crippen molar-refractivity contribution in [3.05, 3.63) is 107 Å². The predicted octanol–water partition coefficient (Wildman–Crippen LogP) is 5.72. The van der Waals surface area contributed by atoms with E-state index in [1.165, 1.54) is 0 Å². The molecule has 3 heterocycles. The lowest BCUT2D eigenvalue weighted by atomic mass is 10.0. The number of phenolic OH excluding ortho intramolecular Hbond substituents is 1. The summed E-state index contributed by atoms with van der Waals surface area (Å²) in [6, 6.07) is 22.7. The lowest BCUT2D eigenvalue weighted by Crippen LogP contribution is -2.30. The molecule has 160 valence electrons. The SMILES string of the molecule is Cc1cc(-n2cccc2[C@@H]2[C@@H](c3ccccn3)NC(=S)N2c2ccccc2O)ccc1Cl. The summed E-state index contributed by atoms with van der Waals surface area (Å²) in [5.74, 6) is 0.170. The molecule has 0 amide bonds. The third-order valence-electron chi connectivity index (χ3n) is 5.74. The van der Waals surface area contributed by atoms with Crippen LogP contribution in [0.4, 0.5) is 5.69 Å². The van der Waals surface area contributed by atoms with Gasteiger partial charge in [0, 0.05) is 28.8 Å². The summed E-state index contributed by atoms with van der Waals surface area (Å²) in [4.78, 5) is 6.57. The van der Waals surface area contributed by atoms with E-state index in [4.69, 9.17) is 23.8 Å². The van der Waals surface area contributed by atoms with Gasteiger partial charge in [0.2, 0.25) is 0 Å². The Morgan fingerprint density at radius 2 is 1.84 bits per heavy atom. The number of phenols is 1. The number of anilines is 1. The minimum Gasteiger partial charge on any atom is -0.506 e. The highest BCUT2D eigenvalue weighted by Crippen LogP contribution is 2.44. The molecule has 1 fully saturated rings.